The van der Waals surface area contributed by atoms with Crippen LogP contribution in [0.3, 0.4) is 0 Å². The highest BCUT2D eigenvalue weighted by atomic mass is 16.1. The summed E-state index contributed by atoms with van der Waals surface area (Å²) in [6.45, 7) is 6.63. The Bertz CT molecular complexity index is 965. The van der Waals surface area contributed by atoms with Gasteiger partial charge in [0.2, 0.25) is 0 Å². The summed E-state index contributed by atoms with van der Waals surface area (Å²) >= 11 is 0. The first-order valence-electron chi connectivity index (χ1n) is 13.0. The lowest BCUT2D eigenvalue weighted by molar-refractivity contribution is -0.108. The van der Waals surface area contributed by atoms with E-state index in [1.54, 1.807) is 0 Å². The molecule has 1 fully saturated rings. The van der Waals surface area contributed by atoms with Gasteiger partial charge in [-0.05, 0) is 61.4 Å². The number of anilines is 1. The molecule has 1 saturated carbocycles. The number of fused-ring (bicyclic) bond motifs is 1. The van der Waals surface area contributed by atoms with Gasteiger partial charge in [0.25, 0.3) is 0 Å². The number of carbonyl (C=O) groups excluding carboxylic acids is 1. The van der Waals surface area contributed by atoms with E-state index in [2.05, 4.69) is 64.9 Å². The van der Waals surface area contributed by atoms with E-state index in [0.29, 0.717) is 24.6 Å². The zero-order valence-corrected chi connectivity index (χ0v) is 20.8. The molecule has 3 N–H and O–H groups in total. The van der Waals surface area contributed by atoms with E-state index in [4.69, 9.17) is 5.41 Å². The van der Waals surface area contributed by atoms with Crippen LogP contribution in [0.2, 0.25) is 0 Å². The van der Waals surface area contributed by atoms with E-state index in [-0.39, 0.29) is 12.1 Å². The van der Waals surface area contributed by atoms with Crippen molar-refractivity contribution in [3.63, 3.8) is 0 Å². The van der Waals surface area contributed by atoms with Crippen molar-refractivity contribution in [1.82, 2.24) is 10.2 Å². The average Bonchev–Trinajstić information content (AvgIpc) is 3.19. The van der Waals surface area contributed by atoms with Crippen LogP contribution < -0.4 is 10.6 Å². The fraction of sp³-hybridized carbons (Fsp3) is 0.517. The summed E-state index contributed by atoms with van der Waals surface area (Å²) in [6, 6.07) is 16.4. The minimum absolute atomic E-state index is 0.00946. The number of rotatable bonds is 11. The van der Waals surface area contributed by atoms with E-state index >= 15 is 0 Å². The van der Waals surface area contributed by atoms with Crippen LogP contribution >= 0.6 is 0 Å². The van der Waals surface area contributed by atoms with Gasteiger partial charge in [0.05, 0.1) is 0 Å². The van der Waals surface area contributed by atoms with Crippen molar-refractivity contribution in [1.29, 1.82) is 5.41 Å². The molecule has 0 amide bonds. The molecule has 5 nitrogen and oxygen atoms in total. The molecule has 2 atom stereocenters. The van der Waals surface area contributed by atoms with Crippen molar-refractivity contribution in [3.8, 4) is 0 Å². The second kappa shape index (κ2) is 11.8. The van der Waals surface area contributed by atoms with Crippen molar-refractivity contribution in [2.75, 3.05) is 5.32 Å². The Hall–Kier alpha value is -2.50. The molecule has 1 aliphatic heterocycles. The molecule has 0 saturated heterocycles. The summed E-state index contributed by atoms with van der Waals surface area (Å²) in [7, 11) is 0. The summed E-state index contributed by atoms with van der Waals surface area (Å²) in [4.78, 5) is 13.3. The SMILES string of the molecule is CC(=N)C(CCC=O)N1Cc2c(NCc3ccc(CNC4CCCCC4)cc3)cccc2C1C. The molecular formula is C29H40N4O. The highest BCUT2D eigenvalue weighted by Crippen LogP contribution is 2.39. The molecular weight excluding hydrogens is 420 g/mol. The fourth-order valence-corrected chi connectivity index (χ4v) is 5.61. The number of benzene rings is 2. The standard InChI is InChI=1S/C29H40N4O/c1-21(30)29(12-7-17-34)33-20-27-26(22(33)2)10-6-11-28(27)32-19-24-15-13-23(14-16-24)18-31-25-8-4-3-5-9-25/h6,10-11,13-17,22,25,29-32H,3-5,7-9,12,18-20H2,1-2H3. The largest absolute Gasteiger partial charge is 0.381 e. The van der Waals surface area contributed by atoms with Gasteiger partial charge in [-0.2, -0.15) is 0 Å². The van der Waals surface area contributed by atoms with Gasteiger partial charge in [0.1, 0.15) is 6.29 Å². The Balaban J connectivity index is 1.36. The third-order valence-corrected chi connectivity index (χ3v) is 7.66. The summed E-state index contributed by atoms with van der Waals surface area (Å²) < 4.78 is 0. The quantitative estimate of drug-likeness (QED) is 0.285. The second-order valence-electron chi connectivity index (χ2n) is 10.1. The molecule has 2 aromatic rings. The second-order valence-corrected chi connectivity index (χ2v) is 10.1. The molecule has 2 aromatic carbocycles. The molecule has 0 aromatic heterocycles. The first kappa shape index (κ1) is 24.6. The van der Waals surface area contributed by atoms with Gasteiger partial charge in [0.15, 0.2) is 0 Å². The van der Waals surface area contributed by atoms with Crippen LogP contribution in [0, 0.1) is 5.41 Å². The third-order valence-electron chi connectivity index (χ3n) is 7.66. The molecule has 1 aliphatic carbocycles. The number of hydrogen-bond donors (Lipinski definition) is 3. The molecule has 2 aliphatic rings. The first-order chi connectivity index (χ1) is 16.6. The Morgan fingerprint density at radius 1 is 1.09 bits per heavy atom. The molecule has 182 valence electrons. The van der Waals surface area contributed by atoms with Crippen LogP contribution in [0.1, 0.15) is 87.1 Å². The number of nitrogens with zero attached hydrogens (tertiary/aromatic N) is 1. The maximum absolute atomic E-state index is 10.9. The molecule has 1 heterocycles. The monoisotopic (exact) mass is 460 g/mol. The lowest BCUT2D eigenvalue weighted by Crippen LogP contribution is -2.38. The summed E-state index contributed by atoms with van der Waals surface area (Å²) in [5, 5.41) is 15.7. The van der Waals surface area contributed by atoms with Crippen molar-refractivity contribution in [2.45, 2.75) is 96.6 Å². The number of nitrogens with one attached hydrogen (secondary N) is 3. The van der Waals surface area contributed by atoms with Crippen molar-refractivity contribution in [3.05, 3.63) is 64.7 Å². The van der Waals surface area contributed by atoms with Crippen LogP contribution in [0.4, 0.5) is 5.69 Å². The predicted octanol–water partition coefficient (Wildman–Crippen LogP) is 5.98. The van der Waals surface area contributed by atoms with Gasteiger partial charge < -0.3 is 20.8 Å². The summed E-state index contributed by atoms with van der Waals surface area (Å²) in [5.74, 6) is 0. The van der Waals surface area contributed by atoms with Crippen molar-refractivity contribution < 1.29 is 4.79 Å². The van der Waals surface area contributed by atoms with E-state index < -0.39 is 0 Å². The zero-order valence-electron chi connectivity index (χ0n) is 20.8. The number of aldehydes is 1. The highest BCUT2D eigenvalue weighted by molar-refractivity contribution is 5.84. The molecule has 0 spiro atoms. The average molecular weight is 461 g/mol. The van der Waals surface area contributed by atoms with Crippen LogP contribution in [0.5, 0.6) is 0 Å². The summed E-state index contributed by atoms with van der Waals surface area (Å²) in [5.41, 5.74) is 7.08. The van der Waals surface area contributed by atoms with Crippen LogP contribution in [-0.2, 0) is 24.4 Å². The Morgan fingerprint density at radius 2 is 1.79 bits per heavy atom. The van der Waals surface area contributed by atoms with Crippen molar-refractivity contribution >= 4 is 17.7 Å². The van der Waals surface area contributed by atoms with E-state index in [1.165, 1.54) is 60.0 Å². The zero-order chi connectivity index (χ0) is 23.9. The fourth-order valence-electron chi connectivity index (χ4n) is 5.61. The smallest absolute Gasteiger partial charge is 0.120 e. The van der Waals surface area contributed by atoms with Gasteiger partial charge in [-0.3, -0.25) is 4.90 Å². The normalized spacial score (nSPS) is 19.5. The number of hydrogen-bond acceptors (Lipinski definition) is 5. The molecule has 34 heavy (non-hydrogen) atoms. The van der Waals surface area contributed by atoms with Crippen molar-refractivity contribution in [2.24, 2.45) is 0 Å². The number of carbonyl (C=O) groups is 1. The van der Waals surface area contributed by atoms with Gasteiger partial charge in [-0.1, -0.05) is 55.7 Å². The molecule has 4 rings (SSSR count). The Morgan fingerprint density at radius 3 is 2.47 bits per heavy atom. The maximum Gasteiger partial charge on any atom is 0.120 e. The van der Waals surface area contributed by atoms with E-state index in [0.717, 1.165) is 25.9 Å². The van der Waals surface area contributed by atoms with Gasteiger partial charge in [0, 0.05) is 55.6 Å². The van der Waals surface area contributed by atoms with Gasteiger partial charge in [-0.15, -0.1) is 0 Å². The first-order valence-corrected chi connectivity index (χ1v) is 13.0. The molecule has 2 unspecified atom stereocenters. The minimum Gasteiger partial charge on any atom is -0.381 e. The Labute approximate surface area is 204 Å². The van der Waals surface area contributed by atoms with Gasteiger partial charge in [-0.25, -0.2) is 0 Å². The minimum atomic E-state index is 0.00946. The van der Waals surface area contributed by atoms with E-state index in [1.807, 2.05) is 6.92 Å². The Kier molecular flexibility index (Phi) is 8.52. The molecule has 5 heteroatoms. The van der Waals surface area contributed by atoms with E-state index in [9.17, 15) is 4.79 Å². The third kappa shape index (κ3) is 5.94. The molecule has 0 bridgehead atoms. The lowest BCUT2D eigenvalue weighted by Gasteiger charge is -2.31. The maximum atomic E-state index is 10.9. The van der Waals surface area contributed by atoms with Gasteiger partial charge >= 0.3 is 0 Å². The van der Waals surface area contributed by atoms with Crippen LogP contribution in [0.15, 0.2) is 42.5 Å². The molecule has 0 radical (unpaired) electrons. The topological polar surface area (TPSA) is 68.2 Å². The summed E-state index contributed by atoms with van der Waals surface area (Å²) in [6.07, 6.45) is 8.93. The predicted molar refractivity (Wildman–Crippen MR) is 140 cm³/mol. The van der Waals surface area contributed by atoms with Crippen LogP contribution in [0.25, 0.3) is 0 Å². The lowest BCUT2D eigenvalue weighted by atomic mass is 9.95. The highest BCUT2D eigenvalue weighted by Gasteiger charge is 2.34. The van der Waals surface area contributed by atoms with Crippen LogP contribution in [-0.4, -0.2) is 29.0 Å².